The van der Waals surface area contributed by atoms with Crippen molar-refractivity contribution >= 4 is 187 Å². The Kier molecular flexibility index (Phi) is 19.9. The smallest absolute Gasteiger partial charge is 0.399 e. The molecule has 0 saturated carbocycles. The molecule has 8 nitrogen and oxygen atoms in total. The molecule has 16 heteroatoms. The molecule has 0 N–H and O–H groups in total. The Labute approximate surface area is 698 Å². The van der Waals surface area contributed by atoms with Crippen LogP contribution < -0.4 is 21.9 Å². The van der Waals surface area contributed by atoms with Gasteiger partial charge in [-0.25, -0.2) is 0 Å². The summed E-state index contributed by atoms with van der Waals surface area (Å²) in [4.78, 5) is 0. The minimum Gasteiger partial charge on any atom is -0.399 e. The van der Waals surface area contributed by atoms with Crippen molar-refractivity contribution in [2.45, 2.75) is 156 Å². The summed E-state index contributed by atoms with van der Waals surface area (Å²) in [6.07, 6.45) is 0. The maximum absolute atomic E-state index is 6.36. The number of hydrogen-bond acceptors (Lipinski definition) is 12. The van der Waals surface area contributed by atoms with Crippen molar-refractivity contribution in [3.63, 3.8) is 0 Å². The quantitative estimate of drug-likeness (QED) is 0.139. The largest absolute Gasteiger partial charge is 0.494 e. The van der Waals surface area contributed by atoms with Gasteiger partial charge in [0.05, 0.1) is 44.8 Å². The van der Waals surface area contributed by atoms with Crippen molar-refractivity contribution in [3.05, 3.63) is 279 Å². The van der Waals surface area contributed by atoms with E-state index in [1.807, 2.05) is 45.3 Å². The minimum absolute atomic E-state index is 0.298. The molecule has 578 valence electrons. The van der Waals surface area contributed by atoms with Gasteiger partial charge >= 0.3 is 28.5 Å². The molecule has 0 unspecified atom stereocenters. The van der Waals surface area contributed by atoms with E-state index in [1.165, 1.54) is 136 Å². The van der Waals surface area contributed by atoms with Crippen molar-refractivity contribution in [1.82, 2.24) is 0 Å². The fourth-order valence-electron chi connectivity index (χ4n) is 15.8. The third kappa shape index (κ3) is 14.4. The van der Waals surface area contributed by atoms with Gasteiger partial charge in [0.2, 0.25) is 0 Å². The van der Waals surface area contributed by atoms with Gasteiger partial charge in [0.1, 0.15) is 0 Å². The van der Waals surface area contributed by atoms with Gasteiger partial charge in [-0.1, -0.05) is 224 Å². The summed E-state index contributed by atoms with van der Waals surface area (Å²) >= 11 is 7.36. The second-order valence-corrected chi connectivity index (χ2v) is 39.5. The Morgan fingerprint density at radius 3 is 1.03 bits per heavy atom. The fraction of sp³-hybridized carbons (Fsp3) is 0.240. The third-order valence-electron chi connectivity index (χ3n) is 25.5. The van der Waals surface area contributed by atoms with E-state index >= 15 is 0 Å². The van der Waals surface area contributed by atoms with E-state index in [4.69, 9.17) is 37.2 Å². The summed E-state index contributed by atoms with van der Waals surface area (Å²) in [6, 6.07) is 100. The van der Waals surface area contributed by atoms with E-state index < -0.39 is 0 Å². The Hall–Kier alpha value is -9.06. The molecule has 0 spiro atoms. The number of rotatable bonds is 8. The van der Waals surface area contributed by atoms with Crippen molar-refractivity contribution in [3.8, 4) is 44.5 Å². The van der Waals surface area contributed by atoms with Gasteiger partial charge in [0.25, 0.3) is 0 Å². The average molecular weight is 1600 g/mol. The summed E-state index contributed by atoms with van der Waals surface area (Å²) in [6.45, 7) is 33.5. The summed E-state index contributed by atoms with van der Waals surface area (Å²) in [5, 5.41) is 12.8. The lowest BCUT2D eigenvalue weighted by atomic mass is 9.77. The SMILES string of the molecule is CC1(C)OB(c2cc(-c3ccccc3)c3sc4ccccc4c3c2)OC1(C)C.CC1(C)OB(c2ccc3sc4cc(-c5cccc6ccccc56)ccc4c3c2)OC1(C)C.CC1(C)OB(c2ccc3sc4ccc(-c5cccc(-c6ccccc6)c5)cc4c3c2)OC1(C)C.CC1(C)OB(c2ccc3sc4ccccc4c3c2)OC1(C)C. The Balaban J connectivity index is 0.000000108. The first-order valence-corrected chi connectivity index (χ1v) is 43.5. The molecule has 17 aromatic rings. The van der Waals surface area contributed by atoms with Crippen LogP contribution in [0.3, 0.4) is 0 Å². The zero-order valence-corrected chi connectivity index (χ0v) is 72.0. The van der Waals surface area contributed by atoms with Crippen LogP contribution in [0.5, 0.6) is 0 Å². The van der Waals surface area contributed by atoms with E-state index in [9.17, 15) is 0 Å². The number of thiophene rings is 4. The summed E-state index contributed by atoms with van der Waals surface area (Å²) in [5.74, 6) is 0. The molecule has 4 aliphatic rings. The minimum atomic E-state index is -0.365. The maximum atomic E-state index is 6.36. The normalized spacial score (nSPS) is 18.0. The van der Waals surface area contributed by atoms with Crippen LogP contribution in [0.25, 0.3) is 136 Å². The summed E-state index contributed by atoms with van der Waals surface area (Å²) in [5.41, 5.74) is 11.6. The van der Waals surface area contributed by atoms with Gasteiger partial charge in [-0.3, -0.25) is 0 Å². The molecule has 0 aliphatic carbocycles. The lowest BCUT2D eigenvalue weighted by Gasteiger charge is -2.32. The molecule has 0 amide bonds. The van der Waals surface area contributed by atoms with Gasteiger partial charge in [-0.2, -0.15) is 0 Å². The Morgan fingerprint density at radius 2 is 0.517 bits per heavy atom. The van der Waals surface area contributed by atoms with Crippen LogP contribution >= 0.6 is 45.3 Å². The highest BCUT2D eigenvalue weighted by atomic mass is 32.1. The van der Waals surface area contributed by atoms with Crippen LogP contribution in [0.4, 0.5) is 0 Å². The highest BCUT2D eigenvalue weighted by Gasteiger charge is 2.55. The van der Waals surface area contributed by atoms with E-state index in [1.54, 1.807) is 0 Å². The molecule has 4 fully saturated rings. The lowest BCUT2D eigenvalue weighted by Crippen LogP contribution is -2.41. The molecule has 116 heavy (non-hydrogen) atoms. The van der Waals surface area contributed by atoms with Crippen molar-refractivity contribution in [1.29, 1.82) is 0 Å². The van der Waals surface area contributed by atoms with Crippen LogP contribution in [0.15, 0.2) is 279 Å². The molecular weight excluding hydrogens is 1500 g/mol. The second kappa shape index (κ2) is 29.5. The predicted octanol–water partition coefficient (Wildman–Crippen LogP) is 25.2. The van der Waals surface area contributed by atoms with Gasteiger partial charge in [0.15, 0.2) is 0 Å². The second-order valence-electron chi connectivity index (χ2n) is 35.2. The average Bonchev–Trinajstić information content (AvgIpc) is 1.58. The first kappa shape index (κ1) is 78.1. The fourth-order valence-corrected chi connectivity index (χ4v) is 20.3. The van der Waals surface area contributed by atoms with Crippen molar-refractivity contribution in [2.24, 2.45) is 0 Å². The van der Waals surface area contributed by atoms with Crippen LogP contribution in [-0.4, -0.2) is 73.3 Å². The molecule has 4 aromatic heterocycles. The first-order valence-electron chi connectivity index (χ1n) is 40.3. The lowest BCUT2D eigenvalue weighted by molar-refractivity contribution is 0.00578. The molecule has 4 aliphatic heterocycles. The van der Waals surface area contributed by atoms with Crippen LogP contribution in [0.2, 0.25) is 0 Å². The highest BCUT2D eigenvalue weighted by molar-refractivity contribution is 7.27. The zero-order chi connectivity index (χ0) is 80.6. The van der Waals surface area contributed by atoms with Crippen molar-refractivity contribution in [2.75, 3.05) is 0 Å². The monoisotopic (exact) mass is 1590 g/mol. The van der Waals surface area contributed by atoms with Gasteiger partial charge < -0.3 is 37.2 Å². The van der Waals surface area contributed by atoms with Crippen molar-refractivity contribution < 1.29 is 37.2 Å². The van der Waals surface area contributed by atoms with Gasteiger partial charge in [0, 0.05) is 64.5 Å². The van der Waals surface area contributed by atoms with Gasteiger partial charge in [-0.05, 0) is 259 Å². The number of benzene rings is 13. The van der Waals surface area contributed by atoms with E-state index in [0.29, 0.717) is 0 Å². The first-order chi connectivity index (χ1) is 55.4. The van der Waals surface area contributed by atoms with E-state index in [0.717, 1.165) is 21.9 Å². The highest BCUT2D eigenvalue weighted by Crippen LogP contribution is 2.46. The molecule has 4 saturated heterocycles. The topological polar surface area (TPSA) is 73.8 Å². The Morgan fingerprint density at radius 1 is 0.190 bits per heavy atom. The summed E-state index contributed by atoms with van der Waals surface area (Å²) < 4.78 is 60.7. The van der Waals surface area contributed by atoms with Crippen LogP contribution in [0.1, 0.15) is 111 Å². The maximum Gasteiger partial charge on any atom is 0.494 e. The van der Waals surface area contributed by atoms with E-state index in [2.05, 4.69) is 390 Å². The molecule has 0 bridgehead atoms. The zero-order valence-electron chi connectivity index (χ0n) is 68.8. The van der Waals surface area contributed by atoms with Gasteiger partial charge in [-0.15, -0.1) is 45.3 Å². The third-order valence-corrected chi connectivity index (χ3v) is 30.1. The predicted molar refractivity (Wildman–Crippen MR) is 499 cm³/mol. The Bertz CT molecular complexity index is 6560. The van der Waals surface area contributed by atoms with Crippen LogP contribution in [0, 0.1) is 0 Å². The summed E-state index contributed by atoms with van der Waals surface area (Å²) in [7, 11) is -1.35. The molecule has 8 heterocycles. The number of fused-ring (bicyclic) bond motifs is 13. The molecule has 0 atom stereocenters. The van der Waals surface area contributed by atoms with E-state index in [-0.39, 0.29) is 73.3 Å². The molecule has 13 aromatic carbocycles. The standard InChI is InChI=1S/C30H27BO2S.C28H25BO2S.C24H23BO2S.C18H19BO2S/c1-29(2)30(3,4)33-31(32-29)24-14-16-28-26(19-24)25-18-23(13-15-27(25)34-28)22-12-8-11-21(17-22)20-9-6-5-7-10-20;1-27(2)28(3,4)31-29(30-27)20-13-15-25-24(17-20)23-14-12-19(16-26(23)32-25)22-11-7-9-18-8-5-6-10-21(18)22;1-23(2)24(3,4)27-25(26-23)17-14-19(16-10-6-5-7-11-16)22-20(15-17)18-12-8-9-13-21(18)28-22;1-17(2)18(3,4)21-19(20-17)12-9-10-16-14(11-12)13-7-5-6-8-15(13)22-16/h5-19H,1-4H3;5-17H,1-4H3;5-15H,1-4H3;5-11H,1-4H3. The number of hydrogen-bond donors (Lipinski definition) is 0. The molecule has 0 radical (unpaired) electrons. The van der Waals surface area contributed by atoms with Crippen LogP contribution in [-0.2, 0) is 37.2 Å². The molecule has 21 rings (SSSR count). The molecular formula is C100H94B4O8S4.